The van der Waals surface area contributed by atoms with Crippen molar-refractivity contribution in [3.63, 3.8) is 0 Å². The maximum atomic E-state index is 4.20. The summed E-state index contributed by atoms with van der Waals surface area (Å²) in [7, 11) is 1.98. The number of rotatable bonds is 2. The van der Waals surface area contributed by atoms with Gasteiger partial charge in [-0.25, -0.2) is 0 Å². The van der Waals surface area contributed by atoms with Crippen LogP contribution in [0.15, 0.2) is 18.5 Å². The Morgan fingerprint density at radius 1 is 1.35 bits per heavy atom. The molecule has 1 aliphatic carbocycles. The second kappa shape index (κ2) is 4.67. The number of nitrogens with zero attached hydrogens (tertiary/aromatic N) is 1. The van der Waals surface area contributed by atoms with E-state index in [0.29, 0.717) is 11.3 Å². The molecule has 0 bridgehead atoms. The van der Waals surface area contributed by atoms with Crippen LogP contribution in [0.25, 0.3) is 0 Å². The van der Waals surface area contributed by atoms with Crippen LogP contribution in [0.3, 0.4) is 0 Å². The second-order valence-corrected chi connectivity index (χ2v) is 6.32. The fourth-order valence-corrected chi connectivity index (χ4v) is 3.55. The first-order valence-corrected chi connectivity index (χ1v) is 6.63. The van der Waals surface area contributed by atoms with Crippen LogP contribution in [0, 0.1) is 11.3 Å². The molecule has 0 aromatic carbocycles. The van der Waals surface area contributed by atoms with Gasteiger partial charge in [-0.3, -0.25) is 4.98 Å². The summed E-state index contributed by atoms with van der Waals surface area (Å²) < 4.78 is 0. The van der Waals surface area contributed by atoms with Crippen LogP contribution in [-0.2, 0) is 0 Å². The van der Waals surface area contributed by atoms with E-state index in [0.717, 1.165) is 5.92 Å². The third kappa shape index (κ3) is 2.80. The van der Waals surface area contributed by atoms with Gasteiger partial charge in [0.1, 0.15) is 0 Å². The fourth-order valence-electron chi connectivity index (χ4n) is 3.55. The molecular weight excluding hydrogens is 208 g/mol. The number of anilines is 1. The zero-order chi connectivity index (χ0) is 12.5. The van der Waals surface area contributed by atoms with E-state index in [9.17, 15) is 0 Å². The van der Waals surface area contributed by atoms with Crippen LogP contribution in [0.1, 0.15) is 51.5 Å². The highest BCUT2D eigenvalue weighted by Crippen LogP contribution is 2.47. The summed E-state index contributed by atoms with van der Waals surface area (Å²) in [6.45, 7) is 7.18. The summed E-state index contributed by atoms with van der Waals surface area (Å²) in [5.74, 6) is 1.50. The van der Waals surface area contributed by atoms with Crippen LogP contribution in [-0.4, -0.2) is 12.0 Å². The van der Waals surface area contributed by atoms with E-state index >= 15 is 0 Å². The molecule has 0 spiro atoms. The Labute approximate surface area is 105 Å². The number of pyridine rings is 1. The summed E-state index contributed by atoms with van der Waals surface area (Å²) in [4.78, 5) is 4.20. The van der Waals surface area contributed by atoms with Crippen LogP contribution >= 0.6 is 0 Å². The van der Waals surface area contributed by atoms with Crippen LogP contribution < -0.4 is 5.32 Å². The van der Waals surface area contributed by atoms with E-state index < -0.39 is 0 Å². The maximum Gasteiger partial charge on any atom is 0.0559 e. The van der Waals surface area contributed by atoms with Gasteiger partial charge in [-0.15, -0.1) is 0 Å². The van der Waals surface area contributed by atoms with Crippen molar-refractivity contribution in [2.45, 2.75) is 46.0 Å². The molecule has 1 fully saturated rings. The molecule has 17 heavy (non-hydrogen) atoms. The second-order valence-electron chi connectivity index (χ2n) is 6.32. The van der Waals surface area contributed by atoms with Crippen LogP contribution in [0.4, 0.5) is 5.69 Å². The predicted octanol–water partition coefficient (Wildman–Crippen LogP) is 4.05. The molecule has 0 aliphatic heterocycles. The highest BCUT2D eigenvalue weighted by Gasteiger charge is 2.33. The summed E-state index contributed by atoms with van der Waals surface area (Å²) in [6, 6.07) is 2.19. The third-order valence-corrected chi connectivity index (χ3v) is 3.95. The Morgan fingerprint density at radius 3 is 2.76 bits per heavy atom. The lowest BCUT2D eigenvalue weighted by Crippen LogP contribution is -2.26. The predicted molar refractivity (Wildman–Crippen MR) is 73.3 cm³/mol. The Kier molecular flexibility index (Phi) is 3.41. The number of aromatic nitrogens is 1. The molecule has 0 amide bonds. The van der Waals surface area contributed by atoms with Gasteiger partial charge < -0.3 is 5.32 Å². The van der Waals surface area contributed by atoms with Gasteiger partial charge in [0.15, 0.2) is 0 Å². The molecule has 0 saturated heterocycles. The van der Waals surface area contributed by atoms with Crippen LogP contribution in [0.2, 0.25) is 0 Å². The van der Waals surface area contributed by atoms with Crippen molar-refractivity contribution >= 4 is 5.69 Å². The van der Waals surface area contributed by atoms with Crippen molar-refractivity contribution in [2.24, 2.45) is 11.3 Å². The van der Waals surface area contributed by atoms with Crippen molar-refractivity contribution < 1.29 is 0 Å². The monoisotopic (exact) mass is 232 g/mol. The van der Waals surface area contributed by atoms with Crippen molar-refractivity contribution in [1.82, 2.24) is 4.98 Å². The smallest absolute Gasteiger partial charge is 0.0559 e. The standard InChI is InChI=1S/C15H24N2/c1-11-7-12(9-15(2,3)8-11)13-5-6-17-10-14(13)16-4/h5-6,10-12,16H,7-9H2,1-4H3. The van der Waals surface area contributed by atoms with Gasteiger partial charge in [-0.05, 0) is 48.1 Å². The minimum Gasteiger partial charge on any atom is -0.387 e. The molecule has 1 heterocycles. The molecular formula is C15H24N2. The molecule has 2 unspecified atom stereocenters. The Hall–Kier alpha value is -1.05. The van der Waals surface area contributed by atoms with Gasteiger partial charge in [-0.1, -0.05) is 20.8 Å². The van der Waals surface area contributed by atoms with Gasteiger partial charge in [0.2, 0.25) is 0 Å². The van der Waals surface area contributed by atoms with E-state index in [2.05, 4.69) is 37.1 Å². The van der Waals surface area contributed by atoms with Gasteiger partial charge in [0.25, 0.3) is 0 Å². The van der Waals surface area contributed by atoms with E-state index in [4.69, 9.17) is 0 Å². The first-order chi connectivity index (χ1) is 8.02. The maximum absolute atomic E-state index is 4.20. The lowest BCUT2D eigenvalue weighted by molar-refractivity contribution is 0.168. The highest BCUT2D eigenvalue weighted by molar-refractivity contribution is 5.50. The van der Waals surface area contributed by atoms with Gasteiger partial charge >= 0.3 is 0 Å². The summed E-state index contributed by atoms with van der Waals surface area (Å²) in [5.41, 5.74) is 3.11. The molecule has 2 nitrogen and oxygen atoms in total. The molecule has 1 N–H and O–H groups in total. The average Bonchev–Trinajstić information content (AvgIpc) is 2.26. The molecule has 2 rings (SSSR count). The van der Waals surface area contributed by atoms with Gasteiger partial charge in [-0.2, -0.15) is 0 Å². The summed E-state index contributed by atoms with van der Waals surface area (Å²) >= 11 is 0. The van der Waals surface area contributed by atoms with Crippen LogP contribution in [0.5, 0.6) is 0 Å². The quantitative estimate of drug-likeness (QED) is 0.832. The molecule has 2 atom stereocenters. The zero-order valence-corrected chi connectivity index (χ0v) is 11.5. The number of hydrogen-bond donors (Lipinski definition) is 1. The molecule has 1 aromatic rings. The topological polar surface area (TPSA) is 24.9 Å². The Morgan fingerprint density at radius 2 is 2.12 bits per heavy atom. The molecule has 0 radical (unpaired) electrons. The van der Waals surface area contributed by atoms with E-state index in [1.54, 1.807) is 0 Å². The number of nitrogens with one attached hydrogen (secondary N) is 1. The minimum absolute atomic E-state index is 0.469. The lowest BCUT2D eigenvalue weighted by atomic mass is 9.66. The molecule has 1 saturated carbocycles. The molecule has 2 heteroatoms. The Balaban J connectivity index is 2.27. The van der Waals surface area contributed by atoms with E-state index in [1.165, 1.54) is 30.5 Å². The largest absolute Gasteiger partial charge is 0.387 e. The lowest BCUT2D eigenvalue weighted by Gasteiger charge is -2.39. The SMILES string of the molecule is CNc1cnccc1C1CC(C)CC(C)(C)C1. The Bertz CT molecular complexity index is 384. The van der Waals surface area contributed by atoms with E-state index in [-0.39, 0.29) is 0 Å². The fraction of sp³-hybridized carbons (Fsp3) is 0.667. The summed E-state index contributed by atoms with van der Waals surface area (Å²) in [6.07, 6.45) is 7.81. The summed E-state index contributed by atoms with van der Waals surface area (Å²) in [5, 5.41) is 3.27. The zero-order valence-electron chi connectivity index (χ0n) is 11.5. The number of hydrogen-bond acceptors (Lipinski definition) is 2. The minimum atomic E-state index is 0.469. The van der Waals surface area contributed by atoms with Crippen molar-refractivity contribution in [3.05, 3.63) is 24.0 Å². The van der Waals surface area contributed by atoms with E-state index in [1.807, 2.05) is 19.4 Å². The van der Waals surface area contributed by atoms with Crippen molar-refractivity contribution in [1.29, 1.82) is 0 Å². The van der Waals surface area contributed by atoms with Crippen molar-refractivity contribution in [2.75, 3.05) is 12.4 Å². The highest BCUT2D eigenvalue weighted by atomic mass is 14.8. The third-order valence-electron chi connectivity index (χ3n) is 3.95. The van der Waals surface area contributed by atoms with Crippen molar-refractivity contribution in [3.8, 4) is 0 Å². The normalized spacial score (nSPS) is 27.8. The first-order valence-electron chi connectivity index (χ1n) is 6.63. The molecule has 94 valence electrons. The first kappa shape index (κ1) is 12.4. The average molecular weight is 232 g/mol. The molecule has 1 aliphatic rings. The van der Waals surface area contributed by atoms with Gasteiger partial charge in [0.05, 0.1) is 11.9 Å². The van der Waals surface area contributed by atoms with Gasteiger partial charge in [0, 0.05) is 13.2 Å². The molecule has 1 aromatic heterocycles.